The largest absolute Gasteiger partial charge is 0.394 e. The van der Waals surface area contributed by atoms with Crippen LogP contribution in [0.5, 0.6) is 0 Å². The molecule has 3 saturated heterocycles. The molecule has 3 N–H and O–H groups in total. The van der Waals surface area contributed by atoms with Crippen molar-refractivity contribution in [3.8, 4) is 0 Å². The third-order valence-corrected chi connectivity index (χ3v) is 10.5. The second-order valence-electron chi connectivity index (χ2n) is 11.2. The Labute approximate surface area is 219 Å². The predicted molar refractivity (Wildman–Crippen MR) is 142 cm³/mol. The van der Waals surface area contributed by atoms with E-state index in [9.17, 15) is 19.5 Å². The molecule has 3 aliphatic heterocycles. The molecule has 3 amide bonds. The number of carbonyl (C=O) groups is 3. The first-order valence-electron chi connectivity index (χ1n) is 13.4. The average molecular weight is 516 g/mol. The Bertz CT molecular complexity index is 973. The molecule has 4 unspecified atom stereocenters. The highest BCUT2D eigenvalue weighted by molar-refractivity contribution is 8.02. The molecule has 8 atom stereocenters. The minimum atomic E-state index is -0.703. The van der Waals surface area contributed by atoms with E-state index in [2.05, 4.69) is 24.5 Å². The van der Waals surface area contributed by atoms with Crippen molar-refractivity contribution in [2.24, 2.45) is 23.7 Å². The zero-order valence-corrected chi connectivity index (χ0v) is 22.9. The summed E-state index contributed by atoms with van der Waals surface area (Å²) in [5.41, 5.74) is 1.01. The van der Waals surface area contributed by atoms with Gasteiger partial charge in [-0.25, -0.2) is 0 Å². The average Bonchev–Trinajstić information content (AvgIpc) is 3.42. The summed E-state index contributed by atoms with van der Waals surface area (Å²) in [6, 6.07) is 8.56. The summed E-state index contributed by atoms with van der Waals surface area (Å²) < 4.78 is -0.672. The second kappa shape index (κ2) is 10.7. The standard InChI is InChI=1S/C28H41N3O4S/c1-6-10-18(5)30-26(34)24-28-17(4)13-21(36-28)22(25(33)29-14-19-11-8-7-9-12-19)23(28)27(35)31(24)20(15-32)16(2)3/h7-9,11-12,16-18,20-24,32H,6,10,13-15H2,1-5H3,(H,29,33)(H,30,34)/t17?,18?,20-,21+,22-,23-,24?,28?/m0/s1. The molecule has 198 valence electrons. The number of hydrogen-bond donors (Lipinski definition) is 3. The van der Waals surface area contributed by atoms with E-state index in [1.54, 1.807) is 16.7 Å². The zero-order chi connectivity index (χ0) is 26.2. The highest BCUT2D eigenvalue weighted by Gasteiger charge is 2.76. The molecule has 0 aliphatic carbocycles. The molecule has 3 aliphatic rings. The topological polar surface area (TPSA) is 98.7 Å². The lowest BCUT2D eigenvalue weighted by atomic mass is 9.65. The first-order valence-corrected chi connectivity index (χ1v) is 14.3. The minimum absolute atomic E-state index is 0.00173. The molecule has 4 rings (SSSR count). The van der Waals surface area contributed by atoms with Crippen LogP contribution in [0.3, 0.4) is 0 Å². The van der Waals surface area contributed by atoms with Crippen LogP contribution in [-0.4, -0.2) is 62.5 Å². The van der Waals surface area contributed by atoms with Crippen molar-refractivity contribution in [3.63, 3.8) is 0 Å². The molecule has 0 aromatic heterocycles. The summed E-state index contributed by atoms with van der Waals surface area (Å²) in [5.74, 6) is -1.41. The fourth-order valence-electron chi connectivity index (χ4n) is 6.77. The molecule has 0 saturated carbocycles. The van der Waals surface area contributed by atoms with Gasteiger partial charge in [-0.05, 0) is 37.2 Å². The van der Waals surface area contributed by atoms with Crippen molar-refractivity contribution in [2.45, 2.75) is 88.5 Å². The van der Waals surface area contributed by atoms with Crippen LogP contribution in [0.4, 0.5) is 0 Å². The van der Waals surface area contributed by atoms with E-state index in [4.69, 9.17) is 0 Å². The van der Waals surface area contributed by atoms with Crippen molar-refractivity contribution in [1.29, 1.82) is 0 Å². The summed E-state index contributed by atoms with van der Waals surface area (Å²) in [4.78, 5) is 43.3. The SMILES string of the molecule is CCCC(C)NC(=O)C1N([C@@H](CO)C(C)C)C(=O)[C@@H]2[C@@H](C(=O)NCc3ccccc3)[C@H]3CC(C)C12S3. The summed E-state index contributed by atoms with van der Waals surface area (Å²) in [6.07, 6.45) is 2.60. The maximum atomic E-state index is 14.2. The molecule has 2 bridgehead atoms. The molecule has 1 aromatic carbocycles. The molecule has 36 heavy (non-hydrogen) atoms. The van der Waals surface area contributed by atoms with E-state index >= 15 is 0 Å². The van der Waals surface area contributed by atoms with Crippen molar-refractivity contribution in [3.05, 3.63) is 35.9 Å². The Morgan fingerprint density at radius 2 is 1.89 bits per heavy atom. The van der Waals surface area contributed by atoms with Crippen LogP contribution in [0.1, 0.15) is 59.4 Å². The third kappa shape index (κ3) is 4.44. The number of carbonyl (C=O) groups excluding carboxylic acids is 3. The lowest BCUT2D eigenvalue weighted by Crippen LogP contribution is -2.60. The summed E-state index contributed by atoms with van der Waals surface area (Å²) in [6.45, 7) is 10.3. The van der Waals surface area contributed by atoms with Crippen LogP contribution in [-0.2, 0) is 20.9 Å². The van der Waals surface area contributed by atoms with Crippen LogP contribution in [0.15, 0.2) is 30.3 Å². The molecule has 1 spiro atoms. The van der Waals surface area contributed by atoms with E-state index in [1.165, 1.54) is 0 Å². The zero-order valence-electron chi connectivity index (χ0n) is 22.1. The maximum Gasteiger partial charge on any atom is 0.244 e. The molecule has 8 heteroatoms. The van der Waals surface area contributed by atoms with Gasteiger partial charge in [0.1, 0.15) is 6.04 Å². The van der Waals surface area contributed by atoms with Crippen molar-refractivity contribution in [2.75, 3.05) is 6.61 Å². The molecule has 0 radical (unpaired) electrons. The van der Waals surface area contributed by atoms with Gasteiger partial charge in [-0.3, -0.25) is 14.4 Å². The highest BCUT2D eigenvalue weighted by Crippen LogP contribution is 2.68. The Hall–Kier alpha value is -2.06. The van der Waals surface area contributed by atoms with Gasteiger partial charge in [-0.1, -0.05) is 64.4 Å². The highest BCUT2D eigenvalue weighted by atomic mass is 32.2. The van der Waals surface area contributed by atoms with E-state index in [0.29, 0.717) is 6.54 Å². The Morgan fingerprint density at radius 3 is 2.50 bits per heavy atom. The van der Waals surface area contributed by atoms with E-state index in [1.807, 2.05) is 51.1 Å². The molecule has 3 fully saturated rings. The number of likely N-dealkylation sites (tertiary alicyclic amines) is 1. The lowest BCUT2D eigenvalue weighted by Gasteiger charge is -2.41. The Morgan fingerprint density at radius 1 is 1.19 bits per heavy atom. The number of nitrogens with one attached hydrogen (secondary N) is 2. The maximum absolute atomic E-state index is 14.2. The molecular formula is C28H41N3O4S. The number of thioether (sulfide) groups is 1. The Balaban J connectivity index is 1.68. The van der Waals surface area contributed by atoms with Gasteiger partial charge in [-0.2, -0.15) is 0 Å². The van der Waals surface area contributed by atoms with Gasteiger partial charge in [0.15, 0.2) is 0 Å². The number of benzene rings is 1. The molecule has 3 heterocycles. The predicted octanol–water partition coefficient (Wildman–Crippen LogP) is 2.96. The molecular weight excluding hydrogens is 474 g/mol. The fourth-order valence-corrected chi connectivity index (χ4v) is 9.17. The van der Waals surface area contributed by atoms with Gasteiger partial charge in [-0.15, -0.1) is 11.8 Å². The van der Waals surface area contributed by atoms with Crippen molar-refractivity contribution in [1.82, 2.24) is 15.5 Å². The summed E-state index contributed by atoms with van der Waals surface area (Å²) in [5, 5.41) is 16.5. The van der Waals surface area contributed by atoms with Crippen LogP contribution >= 0.6 is 11.8 Å². The number of amides is 3. The number of fused-ring (bicyclic) bond motifs is 1. The minimum Gasteiger partial charge on any atom is -0.394 e. The van der Waals surface area contributed by atoms with Crippen LogP contribution < -0.4 is 10.6 Å². The van der Waals surface area contributed by atoms with Crippen LogP contribution in [0, 0.1) is 23.7 Å². The molecule has 1 aromatic rings. The normalized spacial score (nSPS) is 32.5. The van der Waals surface area contributed by atoms with Gasteiger partial charge in [0.05, 0.1) is 29.2 Å². The second-order valence-corrected chi connectivity index (χ2v) is 12.7. The van der Waals surface area contributed by atoms with E-state index < -0.39 is 28.7 Å². The number of aliphatic hydroxyl groups excluding tert-OH is 1. The number of nitrogens with zero attached hydrogens (tertiary/aromatic N) is 1. The number of aliphatic hydroxyl groups is 1. The van der Waals surface area contributed by atoms with Crippen molar-refractivity contribution >= 4 is 29.5 Å². The number of rotatable bonds is 10. The fraction of sp³-hybridized carbons (Fsp3) is 0.679. The Kier molecular flexibility index (Phi) is 8.05. The third-order valence-electron chi connectivity index (χ3n) is 8.47. The van der Waals surface area contributed by atoms with Gasteiger partial charge in [0.2, 0.25) is 17.7 Å². The van der Waals surface area contributed by atoms with Gasteiger partial charge >= 0.3 is 0 Å². The monoisotopic (exact) mass is 515 g/mol. The van der Waals surface area contributed by atoms with Gasteiger partial charge in [0.25, 0.3) is 0 Å². The van der Waals surface area contributed by atoms with E-state index in [-0.39, 0.29) is 47.5 Å². The summed E-state index contributed by atoms with van der Waals surface area (Å²) in [7, 11) is 0. The number of hydrogen-bond acceptors (Lipinski definition) is 5. The van der Waals surface area contributed by atoms with Crippen LogP contribution in [0.2, 0.25) is 0 Å². The molecule has 7 nitrogen and oxygen atoms in total. The summed E-state index contributed by atoms with van der Waals surface area (Å²) >= 11 is 1.67. The van der Waals surface area contributed by atoms with Crippen LogP contribution in [0.25, 0.3) is 0 Å². The first-order chi connectivity index (χ1) is 17.2. The van der Waals surface area contributed by atoms with Gasteiger partial charge < -0.3 is 20.6 Å². The first kappa shape index (κ1) is 27.0. The lowest BCUT2D eigenvalue weighted by molar-refractivity contribution is -0.143. The van der Waals surface area contributed by atoms with Gasteiger partial charge in [0, 0.05) is 17.8 Å². The van der Waals surface area contributed by atoms with Crippen molar-refractivity contribution < 1.29 is 19.5 Å². The smallest absolute Gasteiger partial charge is 0.244 e. The van der Waals surface area contributed by atoms with E-state index in [0.717, 1.165) is 24.8 Å². The quantitative estimate of drug-likeness (QED) is 0.445.